The van der Waals surface area contributed by atoms with Crippen LogP contribution in [0.3, 0.4) is 0 Å². The Morgan fingerprint density at radius 2 is 1.50 bits per heavy atom. The summed E-state index contributed by atoms with van der Waals surface area (Å²) in [4.78, 5) is 12.2. The molecule has 186 valence electrons. The Morgan fingerprint density at radius 3 is 2.29 bits per heavy atom. The largest absolute Gasteiger partial charge is 0.383 e. The van der Waals surface area contributed by atoms with Crippen molar-refractivity contribution in [1.82, 2.24) is 9.97 Å². The molecule has 0 unspecified atom stereocenters. The highest BCUT2D eigenvalue weighted by molar-refractivity contribution is 8.00. The van der Waals surface area contributed by atoms with Gasteiger partial charge in [-0.15, -0.1) is 23.1 Å². The molecule has 0 saturated carbocycles. The normalized spacial score (nSPS) is 17.1. The Bertz CT molecular complexity index is 1750. The molecule has 6 heteroatoms. The summed E-state index contributed by atoms with van der Waals surface area (Å²) in [5.74, 6) is 1.40. The number of thioether (sulfide) groups is 2. The molecule has 3 heterocycles. The molecule has 6 aromatic rings. The summed E-state index contributed by atoms with van der Waals surface area (Å²) in [5.41, 5.74) is 11.9. The Hall–Kier alpha value is -3.32. The molecule has 3 nitrogen and oxygen atoms in total. The van der Waals surface area contributed by atoms with Crippen LogP contribution in [0.1, 0.15) is 37.6 Å². The Balaban J connectivity index is 1.25. The van der Waals surface area contributed by atoms with E-state index in [9.17, 15) is 0 Å². The quantitative estimate of drug-likeness (QED) is 0.173. The topological polar surface area (TPSA) is 51.8 Å². The number of hydrogen-bond donors (Lipinski definition) is 1. The number of nitrogens with two attached hydrogens (primary N) is 1. The van der Waals surface area contributed by atoms with E-state index in [1.807, 2.05) is 11.8 Å². The standard InChI is InChI=1S/C32H25N3S3/c33-30-27-25-18-26(22-10-3-1-4-11-22)37-28(23-12-5-2-6-13-23)29(25)38-31(27)35-32(34-30)36-19-20-15-16-21-9-7-8-14-24(21)17-20/h1-17,26,28H,18-19H2,(H2,33,34,35)/t26-,28+/m0/s1. The van der Waals surface area contributed by atoms with E-state index in [2.05, 4.69) is 103 Å². The second-order valence-corrected chi connectivity index (χ2v) is 12.8. The molecular weight excluding hydrogens is 523 g/mol. The van der Waals surface area contributed by atoms with Crippen LogP contribution in [0.5, 0.6) is 0 Å². The minimum Gasteiger partial charge on any atom is -0.383 e. The first-order valence-corrected chi connectivity index (χ1v) is 15.4. The molecule has 2 N–H and O–H groups in total. The van der Waals surface area contributed by atoms with Crippen molar-refractivity contribution in [1.29, 1.82) is 0 Å². The van der Waals surface area contributed by atoms with Crippen LogP contribution in [0.25, 0.3) is 21.0 Å². The first kappa shape index (κ1) is 23.8. The molecule has 1 aliphatic rings. The predicted molar refractivity (Wildman–Crippen MR) is 164 cm³/mol. The number of anilines is 1. The lowest BCUT2D eigenvalue weighted by Crippen LogP contribution is -2.12. The van der Waals surface area contributed by atoms with Gasteiger partial charge in [0.15, 0.2) is 5.16 Å². The second kappa shape index (κ2) is 10.1. The van der Waals surface area contributed by atoms with Crippen LogP contribution < -0.4 is 5.73 Å². The van der Waals surface area contributed by atoms with Crippen molar-refractivity contribution in [3.63, 3.8) is 0 Å². The van der Waals surface area contributed by atoms with Crippen molar-refractivity contribution in [2.45, 2.75) is 27.8 Å². The van der Waals surface area contributed by atoms with Crippen molar-refractivity contribution in [2.75, 3.05) is 5.73 Å². The molecule has 0 aliphatic carbocycles. The number of benzene rings is 4. The van der Waals surface area contributed by atoms with Crippen LogP contribution in [-0.2, 0) is 12.2 Å². The van der Waals surface area contributed by atoms with E-state index in [-0.39, 0.29) is 5.25 Å². The maximum atomic E-state index is 6.67. The summed E-state index contributed by atoms with van der Waals surface area (Å²) in [6.45, 7) is 0. The lowest BCUT2D eigenvalue weighted by molar-refractivity contribution is 0.893. The molecule has 0 fully saturated rings. The summed E-state index contributed by atoms with van der Waals surface area (Å²) < 4.78 is 0. The number of hydrogen-bond acceptors (Lipinski definition) is 6. The van der Waals surface area contributed by atoms with Crippen molar-refractivity contribution in [3.8, 4) is 0 Å². The van der Waals surface area contributed by atoms with Gasteiger partial charge < -0.3 is 5.73 Å². The molecule has 2 aromatic heterocycles. The number of fused-ring (bicyclic) bond motifs is 4. The number of thiophene rings is 1. The zero-order valence-electron chi connectivity index (χ0n) is 20.6. The number of aromatic nitrogens is 2. The highest BCUT2D eigenvalue weighted by Crippen LogP contribution is 2.55. The molecule has 4 aromatic carbocycles. The van der Waals surface area contributed by atoms with Crippen molar-refractivity contribution in [3.05, 3.63) is 130 Å². The lowest BCUT2D eigenvalue weighted by Gasteiger charge is -2.30. The van der Waals surface area contributed by atoms with E-state index in [1.165, 1.54) is 37.9 Å². The zero-order chi connectivity index (χ0) is 25.5. The maximum absolute atomic E-state index is 6.67. The smallest absolute Gasteiger partial charge is 0.191 e. The van der Waals surface area contributed by atoms with Crippen LogP contribution in [0.4, 0.5) is 5.82 Å². The highest BCUT2D eigenvalue weighted by atomic mass is 32.2. The fraction of sp³-hybridized carbons (Fsp3) is 0.125. The molecule has 0 spiro atoms. The molecular formula is C32H25N3S3. The van der Waals surface area contributed by atoms with Gasteiger partial charge in [0.05, 0.1) is 10.6 Å². The van der Waals surface area contributed by atoms with Crippen LogP contribution in [0.2, 0.25) is 0 Å². The van der Waals surface area contributed by atoms with Gasteiger partial charge in [-0.3, -0.25) is 0 Å². The van der Waals surface area contributed by atoms with Gasteiger partial charge in [0.25, 0.3) is 0 Å². The minimum absolute atomic E-state index is 0.248. The van der Waals surface area contributed by atoms with E-state index in [1.54, 1.807) is 23.1 Å². The van der Waals surface area contributed by atoms with E-state index in [4.69, 9.17) is 15.7 Å². The molecule has 1 aliphatic heterocycles. The Kier molecular flexibility index (Phi) is 6.32. The zero-order valence-corrected chi connectivity index (χ0v) is 23.0. The maximum Gasteiger partial charge on any atom is 0.191 e. The molecule has 0 amide bonds. The molecule has 0 saturated heterocycles. The molecule has 0 bridgehead atoms. The van der Waals surface area contributed by atoms with Gasteiger partial charge in [0, 0.05) is 15.9 Å². The SMILES string of the molecule is Nc1nc(SCc2ccc3ccccc3c2)nc2sc3c(c12)C[C@@H](c1ccccc1)S[C@@H]3c1ccccc1. The monoisotopic (exact) mass is 547 g/mol. The molecule has 2 atom stereocenters. The van der Waals surface area contributed by atoms with E-state index in [0.29, 0.717) is 11.1 Å². The lowest BCUT2D eigenvalue weighted by atomic mass is 9.98. The van der Waals surface area contributed by atoms with E-state index < -0.39 is 0 Å². The first-order valence-electron chi connectivity index (χ1n) is 12.7. The van der Waals surface area contributed by atoms with Gasteiger partial charge in [-0.2, -0.15) is 0 Å². The number of rotatable bonds is 5. The van der Waals surface area contributed by atoms with Crippen LogP contribution in [0, 0.1) is 0 Å². The van der Waals surface area contributed by atoms with Crippen LogP contribution in [0.15, 0.2) is 108 Å². The molecule has 0 radical (unpaired) electrons. The average molecular weight is 548 g/mol. The minimum atomic E-state index is 0.248. The van der Waals surface area contributed by atoms with Crippen molar-refractivity contribution in [2.24, 2.45) is 0 Å². The van der Waals surface area contributed by atoms with E-state index in [0.717, 1.165) is 27.5 Å². The van der Waals surface area contributed by atoms with Gasteiger partial charge in [0.1, 0.15) is 10.6 Å². The third-order valence-corrected chi connectivity index (χ3v) is 10.9. The molecule has 38 heavy (non-hydrogen) atoms. The van der Waals surface area contributed by atoms with Crippen LogP contribution in [-0.4, -0.2) is 9.97 Å². The highest BCUT2D eigenvalue weighted by Gasteiger charge is 2.34. The van der Waals surface area contributed by atoms with Crippen molar-refractivity contribution >= 4 is 61.7 Å². The summed E-state index contributed by atoms with van der Waals surface area (Å²) in [6.07, 6.45) is 0.935. The van der Waals surface area contributed by atoms with E-state index >= 15 is 0 Å². The van der Waals surface area contributed by atoms with Gasteiger partial charge in [-0.05, 0) is 39.4 Å². The Morgan fingerprint density at radius 1 is 0.789 bits per heavy atom. The predicted octanol–water partition coefficient (Wildman–Crippen LogP) is 8.84. The Labute approximate surface area is 234 Å². The van der Waals surface area contributed by atoms with Crippen molar-refractivity contribution < 1.29 is 0 Å². The first-order chi connectivity index (χ1) is 18.7. The fourth-order valence-corrected chi connectivity index (χ4v) is 9.09. The van der Waals surface area contributed by atoms with Gasteiger partial charge >= 0.3 is 0 Å². The number of nitrogens with zero attached hydrogens (tertiary/aromatic N) is 2. The fourth-order valence-electron chi connectivity index (χ4n) is 5.22. The summed E-state index contributed by atoms with van der Waals surface area (Å²) in [5, 5.41) is 4.90. The number of nitrogen functional groups attached to an aromatic ring is 1. The average Bonchev–Trinajstić information content (AvgIpc) is 3.35. The summed E-state index contributed by atoms with van der Waals surface area (Å²) >= 11 is 5.47. The second-order valence-electron chi connectivity index (χ2n) is 9.52. The third kappa shape index (κ3) is 4.47. The molecule has 7 rings (SSSR count). The van der Waals surface area contributed by atoms with Crippen LogP contribution >= 0.6 is 34.9 Å². The van der Waals surface area contributed by atoms with Gasteiger partial charge in [-0.25, -0.2) is 9.97 Å². The van der Waals surface area contributed by atoms with Gasteiger partial charge in [0.2, 0.25) is 0 Å². The summed E-state index contributed by atoms with van der Waals surface area (Å²) in [6, 6.07) is 36.7. The third-order valence-electron chi connectivity index (χ3n) is 7.07. The summed E-state index contributed by atoms with van der Waals surface area (Å²) in [7, 11) is 0. The van der Waals surface area contributed by atoms with Gasteiger partial charge in [-0.1, -0.05) is 115 Å².